The first-order chi connectivity index (χ1) is 5.45. The van der Waals surface area contributed by atoms with Crippen LogP contribution in [0, 0.1) is 0 Å². The maximum atomic E-state index is 9.13. The highest BCUT2D eigenvalue weighted by Gasteiger charge is 2.23. The Hall–Kier alpha value is -0.120. The summed E-state index contributed by atoms with van der Waals surface area (Å²) < 4.78 is 0. The Morgan fingerprint density at radius 1 is 1.50 bits per heavy atom. The van der Waals surface area contributed by atoms with Gasteiger partial charge in [-0.25, -0.2) is 0 Å². The lowest BCUT2D eigenvalue weighted by molar-refractivity contribution is 0.125. The van der Waals surface area contributed by atoms with E-state index in [1.165, 1.54) is 0 Å². The lowest BCUT2D eigenvalue weighted by Crippen LogP contribution is -2.52. The normalized spacial score (nSPS) is 17.0. The summed E-state index contributed by atoms with van der Waals surface area (Å²) in [4.78, 5) is 2.22. The second-order valence-electron chi connectivity index (χ2n) is 3.98. The van der Waals surface area contributed by atoms with Crippen LogP contribution in [-0.4, -0.2) is 48.8 Å². The molecular formula is C9H22N2O. The van der Waals surface area contributed by atoms with Gasteiger partial charge < -0.3 is 15.3 Å². The molecule has 3 heteroatoms. The van der Waals surface area contributed by atoms with E-state index >= 15 is 0 Å². The molecule has 0 rings (SSSR count). The van der Waals surface area contributed by atoms with Gasteiger partial charge in [-0.3, -0.25) is 0 Å². The number of rotatable bonds is 5. The largest absolute Gasteiger partial charge is 0.394 e. The fourth-order valence-corrected chi connectivity index (χ4v) is 0.941. The Morgan fingerprint density at radius 3 is 2.25 bits per heavy atom. The molecule has 0 aliphatic rings. The van der Waals surface area contributed by atoms with Gasteiger partial charge in [0, 0.05) is 12.6 Å². The number of hydrogen-bond donors (Lipinski definition) is 2. The summed E-state index contributed by atoms with van der Waals surface area (Å²) in [6, 6.07) is 0.518. The topological polar surface area (TPSA) is 35.5 Å². The minimum absolute atomic E-state index is 0.167. The van der Waals surface area contributed by atoms with Gasteiger partial charge in [0.25, 0.3) is 0 Å². The summed E-state index contributed by atoms with van der Waals surface area (Å²) >= 11 is 0. The number of likely N-dealkylation sites (N-methyl/N-ethyl adjacent to an activating group) is 2. The Bertz CT molecular complexity index is 122. The molecule has 0 fully saturated rings. The third-order valence-corrected chi connectivity index (χ3v) is 2.43. The molecule has 12 heavy (non-hydrogen) atoms. The first-order valence-corrected chi connectivity index (χ1v) is 4.45. The average molecular weight is 174 g/mol. The smallest absolute Gasteiger partial charge is 0.0623 e. The van der Waals surface area contributed by atoms with E-state index in [1.807, 2.05) is 14.0 Å². The molecule has 1 atom stereocenters. The van der Waals surface area contributed by atoms with E-state index in [0.29, 0.717) is 6.04 Å². The van der Waals surface area contributed by atoms with Crippen LogP contribution in [-0.2, 0) is 0 Å². The lowest BCUT2D eigenvalue weighted by atomic mass is 10.0. The average Bonchev–Trinajstić information content (AvgIpc) is 2.04. The van der Waals surface area contributed by atoms with Crippen LogP contribution in [0.3, 0.4) is 0 Å². The van der Waals surface area contributed by atoms with Crippen LogP contribution in [0.25, 0.3) is 0 Å². The molecule has 0 amide bonds. The molecule has 0 radical (unpaired) electrons. The molecule has 0 aliphatic heterocycles. The molecule has 0 aliphatic carbocycles. The predicted octanol–water partition coefficient (Wildman–Crippen LogP) is 0.297. The van der Waals surface area contributed by atoms with E-state index in [4.69, 9.17) is 5.11 Å². The van der Waals surface area contributed by atoms with Crippen molar-refractivity contribution in [1.82, 2.24) is 10.2 Å². The highest BCUT2D eigenvalue weighted by atomic mass is 16.3. The van der Waals surface area contributed by atoms with Crippen molar-refractivity contribution in [2.24, 2.45) is 0 Å². The van der Waals surface area contributed by atoms with Crippen molar-refractivity contribution in [3.05, 3.63) is 0 Å². The number of hydrogen-bond acceptors (Lipinski definition) is 3. The van der Waals surface area contributed by atoms with Gasteiger partial charge in [-0.2, -0.15) is 0 Å². The number of nitrogens with zero attached hydrogens (tertiary/aromatic N) is 1. The number of nitrogens with one attached hydrogen (secondary N) is 1. The van der Waals surface area contributed by atoms with Crippen LogP contribution in [0.4, 0.5) is 0 Å². The summed E-state index contributed by atoms with van der Waals surface area (Å²) in [5.41, 5.74) is -0.182. The van der Waals surface area contributed by atoms with Crippen molar-refractivity contribution in [3.63, 3.8) is 0 Å². The van der Waals surface area contributed by atoms with Crippen molar-refractivity contribution >= 4 is 0 Å². The fraction of sp³-hybridized carbons (Fsp3) is 1.00. The van der Waals surface area contributed by atoms with Crippen LogP contribution in [0.5, 0.6) is 0 Å². The molecule has 0 aromatic carbocycles. The second kappa shape index (κ2) is 4.80. The van der Waals surface area contributed by atoms with Gasteiger partial charge in [0.05, 0.1) is 12.1 Å². The summed E-state index contributed by atoms with van der Waals surface area (Å²) in [5.74, 6) is 0. The van der Waals surface area contributed by atoms with Gasteiger partial charge in [0.1, 0.15) is 0 Å². The van der Waals surface area contributed by atoms with Crippen LogP contribution >= 0.6 is 0 Å². The van der Waals surface area contributed by atoms with E-state index in [1.54, 1.807) is 0 Å². The van der Waals surface area contributed by atoms with Crippen LogP contribution < -0.4 is 5.32 Å². The maximum absolute atomic E-state index is 9.13. The van der Waals surface area contributed by atoms with E-state index in [-0.39, 0.29) is 12.1 Å². The third-order valence-electron chi connectivity index (χ3n) is 2.43. The molecule has 1 unspecified atom stereocenters. The zero-order chi connectivity index (χ0) is 9.78. The second-order valence-corrected chi connectivity index (χ2v) is 3.98. The third kappa shape index (κ3) is 3.52. The summed E-state index contributed by atoms with van der Waals surface area (Å²) in [5, 5.41) is 12.2. The quantitative estimate of drug-likeness (QED) is 0.629. The maximum Gasteiger partial charge on any atom is 0.0623 e. The van der Waals surface area contributed by atoms with E-state index in [2.05, 4.69) is 31.1 Å². The summed E-state index contributed by atoms with van der Waals surface area (Å²) in [7, 11) is 3.94. The fourth-order valence-electron chi connectivity index (χ4n) is 0.941. The predicted molar refractivity (Wildman–Crippen MR) is 52.3 cm³/mol. The summed E-state index contributed by atoms with van der Waals surface area (Å²) in [6.45, 7) is 7.34. The Kier molecular flexibility index (Phi) is 4.75. The molecule has 2 N–H and O–H groups in total. The number of aliphatic hydroxyl groups is 1. The molecule has 3 nitrogen and oxygen atoms in total. The SMILES string of the molecule is CNC(C)(CO)CN(C)C(C)C. The van der Waals surface area contributed by atoms with Crippen LogP contribution in [0.1, 0.15) is 20.8 Å². The lowest BCUT2D eigenvalue weighted by Gasteiger charge is -2.33. The van der Waals surface area contributed by atoms with Crippen molar-refractivity contribution < 1.29 is 5.11 Å². The molecule has 0 saturated heterocycles. The van der Waals surface area contributed by atoms with Crippen molar-refractivity contribution in [1.29, 1.82) is 0 Å². The van der Waals surface area contributed by atoms with Crippen molar-refractivity contribution in [3.8, 4) is 0 Å². The van der Waals surface area contributed by atoms with Crippen molar-refractivity contribution in [2.45, 2.75) is 32.4 Å². The van der Waals surface area contributed by atoms with E-state index in [0.717, 1.165) is 6.54 Å². The van der Waals surface area contributed by atoms with Gasteiger partial charge in [-0.15, -0.1) is 0 Å². The molecule has 0 bridgehead atoms. The minimum atomic E-state index is -0.182. The molecule has 0 spiro atoms. The van der Waals surface area contributed by atoms with Gasteiger partial charge in [0.15, 0.2) is 0 Å². The highest BCUT2D eigenvalue weighted by molar-refractivity contribution is 4.84. The zero-order valence-electron chi connectivity index (χ0n) is 8.89. The molecular weight excluding hydrogens is 152 g/mol. The highest BCUT2D eigenvalue weighted by Crippen LogP contribution is 2.06. The van der Waals surface area contributed by atoms with E-state index in [9.17, 15) is 0 Å². The first-order valence-electron chi connectivity index (χ1n) is 4.45. The van der Waals surface area contributed by atoms with Gasteiger partial charge in [-0.05, 0) is 34.9 Å². The molecule has 74 valence electrons. The van der Waals surface area contributed by atoms with Gasteiger partial charge in [-0.1, -0.05) is 0 Å². The molecule has 0 aromatic rings. The first kappa shape index (κ1) is 11.9. The van der Waals surface area contributed by atoms with Gasteiger partial charge in [0.2, 0.25) is 0 Å². The van der Waals surface area contributed by atoms with E-state index < -0.39 is 0 Å². The van der Waals surface area contributed by atoms with Crippen LogP contribution in [0.15, 0.2) is 0 Å². The number of aliphatic hydroxyl groups excluding tert-OH is 1. The summed E-state index contributed by atoms with van der Waals surface area (Å²) in [6.07, 6.45) is 0. The standard InChI is InChI=1S/C9H22N2O/c1-8(2)11(5)6-9(3,7-12)10-4/h8,10,12H,6-7H2,1-5H3. The zero-order valence-corrected chi connectivity index (χ0v) is 8.89. The Morgan fingerprint density at radius 2 is 2.00 bits per heavy atom. The minimum Gasteiger partial charge on any atom is -0.394 e. The Balaban J connectivity index is 4.02. The molecule has 0 heterocycles. The molecule has 0 aromatic heterocycles. The van der Waals surface area contributed by atoms with Crippen LogP contribution in [0.2, 0.25) is 0 Å². The Labute approximate surface area is 75.8 Å². The van der Waals surface area contributed by atoms with Crippen molar-refractivity contribution in [2.75, 3.05) is 27.2 Å². The molecule has 0 saturated carbocycles. The monoisotopic (exact) mass is 174 g/mol. The van der Waals surface area contributed by atoms with Gasteiger partial charge >= 0.3 is 0 Å².